The lowest BCUT2D eigenvalue weighted by Crippen LogP contribution is -2.28. The standard InChI is InChI=1S/C17H18BrNO2S/c1-22-12-13-5-7-14(8-6-13)17(20)19-9-10-21-16-4-2-3-15(18)11-16/h2-8,11H,9-10,12H2,1H3,(H,19,20). The molecule has 2 aromatic rings. The maximum Gasteiger partial charge on any atom is 0.251 e. The fraction of sp³-hybridized carbons (Fsp3) is 0.235. The van der Waals surface area contributed by atoms with Gasteiger partial charge in [-0.3, -0.25) is 4.79 Å². The predicted molar refractivity (Wildman–Crippen MR) is 95.6 cm³/mol. The Labute approximate surface area is 143 Å². The van der Waals surface area contributed by atoms with E-state index in [1.54, 1.807) is 11.8 Å². The molecular weight excluding hydrogens is 362 g/mol. The molecule has 116 valence electrons. The van der Waals surface area contributed by atoms with E-state index in [0.717, 1.165) is 16.0 Å². The summed E-state index contributed by atoms with van der Waals surface area (Å²) in [4.78, 5) is 12.0. The summed E-state index contributed by atoms with van der Waals surface area (Å²) in [5.74, 6) is 1.67. The van der Waals surface area contributed by atoms with Crippen molar-refractivity contribution in [3.8, 4) is 5.75 Å². The molecule has 0 spiro atoms. The van der Waals surface area contributed by atoms with Crippen molar-refractivity contribution < 1.29 is 9.53 Å². The van der Waals surface area contributed by atoms with Gasteiger partial charge in [-0.2, -0.15) is 11.8 Å². The van der Waals surface area contributed by atoms with Crippen LogP contribution in [0, 0.1) is 0 Å². The molecule has 0 radical (unpaired) electrons. The van der Waals surface area contributed by atoms with Crippen LogP contribution in [0.3, 0.4) is 0 Å². The lowest BCUT2D eigenvalue weighted by Gasteiger charge is -2.08. The molecule has 0 aromatic heterocycles. The van der Waals surface area contributed by atoms with Gasteiger partial charge in [0.1, 0.15) is 12.4 Å². The number of amides is 1. The molecule has 1 amide bonds. The van der Waals surface area contributed by atoms with Crippen molar-refractivity contribution in [3.05, 3.63) is 64.1 Å². The van der Waals surface area contributed by atoms with Crippen molar-refractivity contribution >= 4 is 33.6 Å². The minimum absolute atomic E-state index is 0.0754. The quantitative estimate of drug-likeness (QED) is 0.735. The predicted octanol–water partition coefficient (Wildman–Crippen LogP) is 4.12. The summed E-state index contributed by atoms with van der Waals surface area (Å²) < 4.78 is 6.55. The minimum Gasteiger partial charge on any atom is -0.492 e. The average Bonchev–Trinajstić information content (AvgIpc) is 2.52. The first-order valence-electron chi connectivity index (χ1n) is 6.93. The highest BCUT2D eigenvalue weighted by Gasteiger charge is 2.04. The van der Waals surface area contributed by atoms with Crippen LogP contribution in [0.4, 0.5) is 0 Å². The number of carbonyl (C=O) groups is 1. The van der Waals surface area contributed by atoms with E-state index >= 15 is 0 Å². The van der Waals surface area contributed by atoms with Gasteiger partial charge in [0, 0.05) is 15.8 Å². The molecule has 0 unspecified atom stereocenters. The van der Waals surface area contributed by atoms with Crippen LogP contribution in [0.1, 0.15) is 15.9 Å². The summed E-state index contributed by atoms with van der Waals surface area (Å²) in [5.41, 5.74) is 1.90. The van der Waals surface area contributed by atoms with Crippen LogP contribution in [0.15, 0.2) is 53.0 Å². The van der Waals surface area contributed by atoms with Crippen LogP contribution in [-0.4, -0.2) is 25.3 Å². The average molecular weight is 380 g/mol. The lowest BCUT2D eigenvalue weighted by molar-refractivity contribution is 0.0947. The first-order valence-corrected chi connectivity index (χ1v) is 9.12. The molecule has 0 atom stereocenters. The fourth-order valence-corrected chi connectivity index (χ4v) is 2.82. The Bertz CT molecular complexity index is 616. The number of halogens is 1. The number of hydrogen-bond donors (Lipinski definition) is 1. The second kappa shape index (κ2) is 8.86. The van der Waals surface area contributed by atoms with Gasteiger partial charge in [-0.1, -0.05) is 34.1 Å². The van der Waals surface area contributed by atoms with Crippen molar-refractivity contribution in [2.24, 2.45) is 0 Å². The Morgan fingerprint density at radius 2 is 2.00 bits per heavy atom. The number of thioether (sulfide) groups is 1. The minimum atomic E-state index is -0.0754. The molecule has 0 saturated heterocycles. The number of carbonyl (C=O) groups excluding carboxylic acids is 1. The third-order valence-corrected chi connectivity index (χ3v) is 4.09. The highest BCUT2D eigenvalue weighted by molar-refractivity contribution is 9.10. The molecule has 22 heavy (non-hydrogen) atoms. The molecule has 3 nitrogen and oxygen atoms in total. The maximum atomic E-state index is 12.0. The molecule has 1 N–H and O–H groups in total. The van der Waals surface area contributed by atoms with Gasteiger partial charge in [0.05, 0.1) is 6.54 Å². The van der Waals surface area contributed by atoms with E-state index in [9.17, 15) is 4.79 Å². The fourth-order valence-electron chi connectivity index (χ4n) is 1.91. The summed E-state index contributed by atoms with van der Waals surface area (Å²) in [7, 11) is 0. The number of ether oxygens (including phenoxy) is 1. The van der Waals surface area contributed by atoms with Crippen LogP contribution in [0.25, 0.3) is 0 Å². The summed E-state index contributed by atoms with van der Waals surface area (Å²) in [6, 6.07) is 15.3. The van der Waals surface area contributed by atoms with Crippen molar-refractivity contribution in [3.63, 3.8) is 0 Å². The first kappa shape index (κ1) is 16.9. The van der Waals surface area contributed by atoms with E-state index in [0.29, 0.717) is 18.7 Å². The van der Waals surface area contributed by atoms with Gasteiger partial charge >= 0.3 is 0 Å². The molecular formula is C17H18BrNO2S. The molecule has 0 heterocycles. The zero-order chi connectivity index (χ0) is 15.8. The van der Waals surface area contributed by atoms with E-state index in [1.165, 1.54) is 5.56 Å². The van der Waals surface area contributed by atoms with Crippen LogP contribution in [0.2, 0.25) is 0 Å². The second-order valence-corrected chi connectivity index (χ2v) is 6.47. The number of hydrogen-bond acceptors (Lipinski definition) is 3. The Kier molecular flexibility index (Phi) is 6.80. The third-order valence-electron chi connectivity index (χ3n) is 2.98. The lowest BCUT2D eigenvalue weighted by atomic mass is 10.1. The number of rotatable bonds is 7. The highest BCUT2D eigenvalue weighted by Crippen LogP contribution is 2.17. The normalized spacial score (nSPS) is 10.3. The van der Waals surface area contributed by atoms with Gasteiger partial charge in [-0.15, -0.1) is 0 Å². The Morgan fingerprint density at radius 3 is 2.68 bits per heavy atom. The molecule has 0 fully saturated rings. The van der Waals surface area contributed by atoms with Crippen LogP contribution in [-0.2, 0) is 5.75 Å². The molecule has 2 aromatic carbocycles. The van der Waals surface area contributed by atoms with E-state index < -0.39 is 0 Å². The molecule has 0 aliphatic heterocycles. The van der Waals surface area contributed by atoms with Crippen molar-refractivity contribution in [1.82, 2.24) is 5.32 Å². The summed E-state index contributed by atoms with van der Waals surface area (Å²) >= 11 is 5.15. The zero-order valence-corrected chi connectivity index (χ0v) is 14.7. The van der Waals surface area contributed by atoms with Gasteiger partial charge in [0.2, 0.25) is 0 Å². The van der Waals surface area contributed by atoms with Crippen LogP contribution in [0.5, 0.6) is 5.75 Å². The highest BCUT2D eigenvalue weighted by atomic mass is 79.9. The molecule has 2 rings (SSSR count). The zero-order valence-electron chi connectivity index (χ0n) is 12.3. The smallest absolute Gasteiger partial charge is 0.251 e. The summed E-state index contributed by atoms with van der Waals surface area (Å²) in [6.07, 6.45) is 2.06. The number of benzene rings is 2. The van der Waals surface area contributed by atoms with Crippen LogP contribution >= 0.6 is 27.7 Å². The van der Waals surface area contributed by atoms with Gasteiger partial charge in [0.15, 0.2) is 0 Å². The summed E-state index contributed by atoms with van der Waals surface area (Å²) in [5, 5.41) is 2.85. The first-order chi connectivity index (χ1) is 10.7. The molecule has 0 aliphatic rings. The van der Waals surface area contributed by atoms with Gasteiger partial charge < -0.3 is 10.1 Å². The van der Waals surface area contributed by atoms with Crippen molar-refractivity contribution in [2.75, 3.05) is 19.4 Å². The molecule has 0 bridgehead atoms. The second-order valence-electron chi connectivity index (χ2n) is 4.69. The molecule has 0 saturated carbocycles. The van der Waals surface area contributed by atoms with E-state index in [2.05, 4.69) is 27.5 Å². The van der Waals surface area contributed by atoms with E-state index in [-0.39, 0.29) is 5.91 Å². The van der Waals surface area contributed by atoms with Crippen LogP contribution < -0.4 is 10.1 Å². The third kappa shape index (κ3) is 5.39. The van der Waals surface area contributed by atoms with Gasteiger partial charge in [0.25, 0.3) is 5.91 Å². The van der Waals surface area contributed by atoms with E-state index in [1.807, 2.05) is 48.5 Å². The number of nitrogens with one attached hydrogen (secondary N) is 1. The largest absolute Gasteiger partial charge is 0.492 e. The van der Waals surface area contributed by atoms with Gasteiger partial charge in [-0.05, 0) is 42.2 Å². The summed E-state index contributed by atoms with van der Waals surface area (Å²) in [6.45, 7) is 0.907. The molecule has 0 aliphatic carbocycles. The van der Waals surface area contributed by atoms with Crippen molar-refractivity contribution in [2.45, 2.75) is 5.75 Å². The van der Waals surface area contributed by atoms with E-state index in [4.69, 9.17) is 4.74 Å². The Hall–Kier alpha value is -1.46. The van der Waals surface area contributed by atoms with Gasteiger partial charge in [-0.25, -0.2) is 0 Å². The maximum absolute atomic E-state index is 12.0. The Balaban J connectivity index is 1.75. The monoisotopic (exact) mass is 379 g/mol. The van der Waals surface area contributed by atoms with Crippen molar-refractivity contribution in [1.29, 1.82) is 0 Å². The Morgan fingerprint density at radius 1 is 1.23 bits per heavy atom. The SMILES string of the molecule is CSCc1ccc(C(=O)NCCOc2cccc(Br)c2)cc1. The topological polar surface area (TPSA) is 38.3 Å². The molecule has 5 heteroatoms.